The number of hydrogen-bond acceptors (Lipinski definition) is 2. The molecule has 7 heteroatoms. The summed E-state index contributed by atoms with van der Waals surface area (Å²) in [6, 6.07) is 28.5. The summed E-state index contributed by atoms with van der Waals surface area (Å²) in [6.07, 6.45) is 0. The molecular formula is C21H19Br2N2O2P. The second-order valence-corrected chi connectivity index (χ2v) is 16.5. The van der Waals surface area contributed by atoms with Crippen LogP contribution in [0.1, 0.15) is 0 Å². The Morgan fingerprint density at radius 1 is 0.750 bits per heavy atom. The van der Waals surface area contributed by atoms with Crippen LogP contribution in [0.15, 0.2) is 91.0 Å². The minimum atomic E-state index is -3.57. The van der Waals surface area contributed by atoms with Crippen molar-refractivity contribution in [2.75, 3.05) is 0 Å². The number of halogens is 2. The Labute approximate surface area is 180 Å². The zero-order valence-corrected chi connectivity index (χ0v) is 18.9. The topological polar surface area (TPSA) is 72.2 Å². The first-order chi connectivity index (χ1) is 13.4. The van der Waals surface area contributed by atoms with Crippen LogP contribution in [0.5, 0.6) is 0 Å². The van der Waals surface area contributed by atoms with Gasteiger partial charge in [-0.1, -0.05) is 0 Å². The molecule has 0 radical (unpaired) electrons. The van der Waals surface area contributed by atoms with E-state index in [9.17, 15) is 9.59 Å². The minimum absolute atomic E-state index is 0.501. The van der Waals surface area contributed by atoms with Crippen LogP contribution >= 0.6 is 36.7 Å². The van der Waals surface area contributed by atoms with Crippen molar-refractivity contribution < 1.29 is 9.59 Å². The third kappa shape index (κ3) is 3.30. The zero-order chi connectivity index (χ0) is 20.2. The third-order valence-electron chi connectivity index (χ3n) is 4.67. The predicted molar refractivity (Wildman–Crippen MR) is 125 cm³/mol. The van der Waals surface area contributed by atoms with Crippen molar-refractivity contribution >= 4 is 64.6 Å². The van der Waals surface area contributed by atoms with E-state index in [4.69, 9.17) is 5.73 Å². The van der Waals surface area contributed by atoms with E-state index in [-0.39, 0.29) is 0 Å². The molecule has 1 unspecified atom stereocenters. The summed E-state index contributed by atoms with van der Waals surface area (Å²) in [6.45, 7) is 0. The van der Waals surface area contributed by atoms with Crippen LogP contribution in [0, 0.1) is 0 Å². The van der Waals surface area contributed by atoms with Crippen molar-refractivity contribution in [2.45, 2.75) is 4.57 Å². The van der Waals surface area contributed by atoms with Gasteiger partial charge in [0.15, 0.2) is 0 Å². The summed E-state index contributed by atoms with van der Waals surface area (Å²) in [5.74, 6) is -0.501. The van der Waals surface area contributed by atoms with Gasteiger partial charge in [-0.05, 0) is 0 Å². The van der Waals surface area contributed by atoms with E-state index in [2.05, 4.69) is 36.7 Å². The molecule has 0 aliphatic heterocycles. The molecule has 3 amide bonds. The van der Waals surface area contributed by atoms with Crippen LogP contribution in [0.2, 0.25) is 0 Å². The average Bonchev–Trinajstić information content (AvgIpc) is 2.74. The number of carbonyl (C=O) groups is 2. The quantitative estimate of drug-likeness (QED) is 0.396. The van der Waals surface area contributed by atoms with Crippen LogP contribution in [0.25, 0.3) is 0 Å². The molecule has 0 aliphatic carbocycles. The zero-order valence-electron chi connectivity index (χ0n) is 14.8. The monoisotopic (exact) mass is 520 g/mol. The molecule has 144 valence electrons. The van der Waals surface area contributed by atoms with E-state index in [0.717, 1.165) is 15.9 Å². The number of carbonyl (C=O) groups excluding carboxylic acids is 2. The fourth-order valence-corrected chi connectivity index (χ4v) is 12.8. The Bertz CT molecular complexity index is 886. The maximum absolute atomic E-state index is 13.1. The van der Waals surface area contributed by atoms with Crippen LogP contribution in [0.3, 0.4) is 0 Å². The predicted octanol–water partition coefficient (Wildman–Crippen LogP) is 3.74. The molecule has 0 saturated carbocycles. The van der Waals surface area contributed by atoms with Crippen LogP contribution in [-0.2, 0) is 4.79 Å². The SMILES string of the molecule is NC(=O)NC(=O)C(Br)P(Br)(c1ccccc1)(c1ccccc1)c1ccccc1. The normalized spacial score (nSPS) is 13.7. The molecule has 3 N–H and O–H groups in total. The van der Waals surface area contributed by atoms with E-state index < -0.39 is 21.8 Å². The van der Waals surface area contributed by atoms with E-state index in [1.807, 2.05) is 91.0 Å². The van der Waals surface area contributed by atoms with Crippen molar-refractivity contribution in [2.24, 2.45) is 5.73 Å². The van der Waals surface area contributed by atoms with Gasteiger partial charge in [0, 0.05) is 0 Å². The molecule has 0 spiro atoms. The Hall–Kier alpha value is -2.01. The van der Waals surface area contributed by atoms with Crippen molar-refractivity contribution in [3.8, 4) is 0 Å². The fourth-order valence-electron chi connectivity index (χ4n) is 3.40. The summed E-state index contributed by atoms with van der Waals surface area (Å²) < 4.78 is -0.779. The van der Waals surface area contributed by atoms with Crippen molar-refractivity contribution in [3.63, 3.8) is 0 Å². The Morgan fingerprint density at radius 2 is 1.07 bits per heavy atom. The van der Waals surface area contributed by atoms with E-state index in [1.165, 1.54) is 0 Å². The van der Waals surface area contributed by atoms with Gasteiger partial charge >= 0.3 is 181 Å². The summed E-state index contributed by atoms with van der Waals surface area (Å²) in [5, 5.41) is 1.52. The number of hydrogen-bond donors (Lipinski definition) is 2. The average molecular weight is 522 g/mol. The summed E-state index contributed by atoms with van der Waals surface area (Å²) >= 11 is 7.80. The van der Waals surface area contributed by atoms with Crippen molar-refractivity contribution in [1.29, 1.82) is 0 Å². The summed E-state index contributed by atoms with van der Waals surface area (Å²) in [5.41, 5.74) is 5.24. The van der Waals surface area contributed by atoms with E-state index >= 15 is 0 Å². The molecule has 0 heterocycles. The Balaban J connectivity index is 2.44. The number of nitrogens with two attached hydrogens (primary N) is 1. The first-order valence-electron chi connectivity index (χ1n) is 8.53. The molecule has 3 aromatic rings. The fraction of sp³-hybridized carbons (Fsp3) is 0.0476. The number of rotatable bonds is 5. The standard InChI is InChI=1S/C21H19Br2N2O2P/c22-19(20(26)25-21(24)27)28(23,16-10-4-1-5-11-16,17-12-6-2-7-13-17)18-14-8-3-9-15-18/h1-15,19H,(H3,24,25,26,27). The Kier molecular flexibility index (Phi) is 6.04. The second-order valence-electron chi connectivity index (χ2n) is 6.27. The molecule has 4 nitrogen and oxygen atoms in total. The molecule has 0 saturated heterocycles. The van der Waals surface area contributed by atoms with Gasteiger partial charge in [0.1, 0.15) is 0 Å². The van der Waals surface area contributed by atoms with Gasteiger partial charge < -0.3 is 0 Å². The van der Waals surface area contributed by atoms with Crippen LogP contribution in [-0.4, -0.2) is 16.5 Å². The number of nitrogens with one attached hydrogen (secondary N) is 1. The van der Waals surface area contributed by atoms with E-state index in [1.54, 1.807) is 0 Å². The van der Waals surface area contributed by atoms with Crippen molar-refractivity contribution in [1.82, 2.24) is 5.32 Å². The molecule has 0 fully saturated rings. The molecule has 3 rings (SSSR count). The first kappa shape index (κ1) is 20.7. The third-order valence-corrected chi connectivity index (χ3v) is 19.1. The van der Waals surface area contributed by atoms with Gasteiger partial charge in [0.05, 0.1) is 0 Å². The van der Waals surface area contributed by atoms with Crippen LogP contribution < -0.4 is 27.0 Å². The van der Waals surface area contributed by atoms with Gasteiger partial charge in [-0.3, -0.25) is 0 Å². The molecule has 0 aliphatic rings. The van der Waals surface area contributed by atoms with Gasteiger partial charge in [0.25, 0.3) is 0 Å². The van der Waals surface area contributed by atoms with Gasteiger partial charge in [-0.2, -0.15) is 0 Å². The van der Waals surface area contributed by atoms with E-state index in [0.29, 0.717) is 0 Å². The molecule has 0 bridgehead atoms. The van der Waals surface area contributed by atoms with Gasteiger partial charge in [-0.15, -0.1) is 0 Å². The maximum atomic E-state index is 13.1. The summed E-state index contributed by atoms with van der Waals surface area (Å²) in [4.78, 5) is 24.5. The number of primary amides is 1. The number of benzene rings is 3. The number of imide groups is 1. The molecule has 28 heavy (non-hydrogen) atoms. The van der Waals surface area contributed by atoms with Crippen LogP contribution in [0.4, 0.5) is 4.79 Å². The van der Waals surface area contributed by atoms with Gasteiger partial charge in [0.2, 0.25) is 0 Å². The van der Waals surface area contributed by atoms with Gasteiger partial charge in [-0.25, -0.2) is 0 Å². The first-order valence-corrected chi connectivity index (χ1v) is 13.8. The molecular weight excluding hydrogens is 503 g/mol. The molecule has 0 aromatic heterocycles. The second kappa shape index (κ2) is 8.16. The molecule has 1 atom stereocenters. The number of urea groups is 1. The Morgan fingerprint density at radius 3 is 1.36 bits per heavy atom. The van der Waals surface area contributed by atoms with Crippen molar-refractivity contribution in [3.05, 3.63) is 91.0 Å². The summed E-state index contributed by atoms with van der Waals surface area (Å²) in [7, 11) is 0. The number of amides is 3. The number of alkyl halides is 1. The molecule has 3 aromatic carbocycles.